The van der Waals surface area contributed by atoms with Gasteiger partial charge in [0.15, 0.2) is 5.76 Å². The summed E-state index contributed by atoms with van der Waals surface area (Å²) in [5.41, 5.74) is 1.85. The predicted octanol–water partition coefficient (Wildman–Crippen LogP) is 4.06. The first-order chi connectivity index (χ1) is 13.2. The van der Waals surface area contributed by atoms with Crippen molar-refractivity contribution < 1.29 is 18.3 Å². The monoisotopic (exact) mass is 366 g/mol. The van der Waals surface area contributed by atoms with Gasteiger partial charge in [0, 0.05) is 30.4 Å². The standard InChI is InChI=1S/C21H19FN2O3/c22-15-7-5-14(6-8-15)19-13-23-21(27-19)18-4-2-1-3-17(18)20(25)24-16-9-11-26-12-10-16/h1-8,13,16H,9-12H2,(H,24,25). The van der Waals surface area contributed by atoms with Crippen molar-refractivity contribution in [2.24, 2.45) is 0 Å². The molecule has 4 rings (SSSR count). The van der Waals surface area contributed by atoms with E-state index in [0.29, 0.717) is 36.0 Å². The van der Waals surface area contributed by atoms with Gasteiger partial charge < -0.3 is 14.5 Å². The summed E-state index contributed by atoms with van der Waals surface area (Å²) in [7, 11) is 0. The maximum Gasteiger partial charge on any atom is 0.252 e. The second-order valence-electron chi connectivity index (χ2n) is 6.44. The molecule has 1 aliphatic heterocycles. The van der Waals surface area contributed by atoms with Crippen LogP contribution in [0.4, 0.5) is 4.39 Å². The Morgan fingerprint density at radius 3 is 2.59 bits per heavy atom. The van der Waals surface area contributed by atoms with E-state index >= 15 is 0 Å². The first-order valence-corrected chi connectivity index (χ1v) is 8.90. The van der Waals surface area contributed by atoms with E-state index in [0.717, 1.165) is 18.4 Å². The number of nitrogens with zero attached hydrogens (tertiary/aromatic N) is 1. The Labute approximate surface area is 156 Å². The van der Waals surface area contributed by atoms with Gasteiger partial charge in [0.05, 0.1) is 11.8 Å². The molecule has 27 heavy (non-hydrogen) atoms. The topological polar surface area (TPSA) is 64.4 Å². The molecule has 1 saturated heterocycles. The van der Waals surface area contributed by atoms with Gasteiger partial charge in [-0.2, -0.15) is 0 Å². The third kappa shape index (κ3) is 3.90. The van der Waals surface area contributed by atoms with Gasteiger partial charge in [-0.1, -0.05) is 12.1 Å². The lowest BCUT2D eigenvalue weighted by molar-refractivity contribution is 0.0696. The number of oxazole rings is 1. The van der Waals surface area contributed by atoms with Crippen LogP contribution in [-0.4, -0.2) is 30.1 Å². The van der Waals surface area contributed by atoms with Gasteiger partial charge in [0.2, 0.25) is 5.89 Å². The van der Waals surface area contributed by atoms with Gasteiger partial charge in [0.1, 0.15) is 5.82 Å². The van der Waals surface area contributed by atoms with Crippen molar-refractivity contribution in [3.63, 3.8) is 0 Å². The number of aromatic nitrogens is 1. The average molecular weight is 366 g/mol. The van der Waals surface area contributed by atoms with E-state index in [1.54, 1.807) is 30.5 Å². The van der Waals surface area contributed by atoms with Gasteiger partial charge in [-0.05, 0) is 49.2 Å². The van der Waals surface area contributed by atoms with Gasteiger partial charge in [-0.3, -0.25) is 4.79 Å². The summed E-state index contributed by atoms with van der Waals surface area (Å²) in [6.45, 7) is 1.32. The van der Waals surface area contributed by atoms with Crippen LogP contribution in [0.2, 0.25) is 0 Å². The molecule has 1 amide bonds. The van der Waals surface area contributed by atoms with Crippen LogP contribution in [0.5, 0.6) is 0 Å². The number of carbonyl (C=O) groups excluding carboxylic acids is 1. The summed E-state index contributed by atoms with van der Waals surface area (Å²) in [6.07, 6.45) is 3.19. The number of hydrogen-bond acceptors (Lipinski definition) is 4. The lowest BCUT2D eigenvalue weighted by Crippen LogP contribution is -2.39. The van der Waals surface area contributed by atoms with E-state index in [2.05, 4.69) is 10.3 Å². The van der Waals surface area contributed by atoms with Crippen molar-refractivity contribution in [1.29, 1.82) is 0 Å². The maximum absolute atomic E-state index is 13.1. The van der Waals surface area contributed by atoms with E-state index in [1.165, 1.54) is 12.1 Å². The van der Waals surface area contributed by atoms with Gasteiger partial charge >= 0.3 is 0 Å². The highest BCUT2D eigenvalue weighted by molar-refractivity contribution is 6.00. The summed E-state index contributed by atoms with van der Waals surface area (Å²) in [5, 5.41) is 3.06. The molecule has 0 radical (unpaired) electrons. The zero-order valence-electron chi connectivity index (χ0n) is 14.7. The van der Waals surface area contributed by atoms with Crippen LogP contribution in [0.1, 0.15) is 23.2 Å². The number of benzene rings is 2. The molecule has 1 aromatic heterocycles. The quantitative estimate of drug-likeness (QED) is 0.756. The molecule has 1 fully saturated rings. The molecule has 2 aromatic carbocycles. The van der Waals surface area contributed by atoms with Crippen molar-refractivity contribution in [2.45, 2.75) is 18.9 Å². The zero-order valence-corrected chi connectivity index (χ0v) is 14.7. The molecule has 0 spiro atoms. The van der Waals surface area contributed by atoms with Crippen molar-refractivity contribution >= 4 is 5.91 Å². The third-order valence-corrected chi connectivity index (χ3v) is 4.59. The first-order valence-electron chi connectivity index (χ1n) is 8.90. The van der Waals surface area contributed by atoms with Crippen molar-refractivity contribution in [3.8, 4) is 22.8 Å². The van der Waals surface area contributed by atoms with E-state index in [-0.39, 0.29) is 17.8 Å². The normalized spacial score (nSPS) is 14.9. The minimum absolute atomic E-state index is 0.110. The number of hydrogen-bond donors (Lipinski definition) is 1. The van der Waals surface area contributed by atoms with E-state index in [1.807, 2.05) is 12.1 Å². The summed E-state index contributed by atoms with van der Waals surface area (Å²) in [6, 6.07) is 13.3. The minimum atomic E-state index is -0.311. The molecule has 6 heteroatoms. The molecule has 5 nitrogen and oxygen atoms in total. The van der Waals surface area contributed by atoms with Gasteiger partial charge in [-0.25, -0.2) is 9.37 Å². The number of carbonyl (C=O) groups is 1. The Balaban J connectivity index is 1.59. The van der Waals surface area contributed by atoms with Gasteiger partial charge in [0.25, 0.3) is 5.91 Å². The fourth-order valence-corrected chi connectivity index (χ4v) is 3.12. The van der Waals surface area contributed by atoms with E-state index in [9.17, 15) is 9.18 Å². The largest absolute Gasteiger partial charge is 0.436 e. The smallest absolute Gasteiger partial charge is 0.252 e. The SMILES string of the molecule is O=C(NC1CCOCC1)c1ccccc1-c1ncc(-c2ccc(F)cc2)o1. The fraction of sp³-hybridized carbons (Fsp3) is 0.238. The number of halogens is 1. The lowest BCUT2D eigenvalue weighted by Gasteiger charge is -2.23. The molecular formula is C21H19FN2O3. The maximum atomic E-state index is 13.1. The number of rotatable bonds is 4. The zero-order chi connectivity index (χ0) is 18.6. The number of ether oxygens (including phenoxy) is 1. The van der Waals surface area contributed by atoms with Crippen LogP contribution in [-0.2, 0) is 4.74 Å². The highest BCUT2D eigenvalue weighted by Crippen LogP contribution is 2.28. The Kier molecular flexibility index (Phi) is 4.98. The molecule has 138 valence electrons. The summed E-state index contributed by atoms with van der Waals surface area (Å²) in [4.78, 5) is 17.1. The van der Waals surface area contributed by atoms with Crippen LogP contribution in [0.3, 0.4) is 0 Å². The molecule has 0 aliphatic carbocycles. The molecule has 0 saturated carbocycles. The van der Waals surface area contributed by atoms with Crippen LogP contribution >= 0.6 is 0 Å². The molecular weight excluding hydrogens is 347 g/mol. The molecule has 1 aliphatic rings. The second-order valence-corrected chi connectivity index (χ2v) is 6.44. The van der Waals surface area contributed by atoms with Crippen LogP contribution in [0.25, 0.3) is 22.8 Å². The van der Waals surface area contributed by atoms with Crippen molar-refractivity contribution in [3.05, 3.63) is 66.1 Å². The van der Waals surface area contributed by atoms with E-state index < -0.39 is 0 Å². The Hall–Kier alpha value is -2.99. The van der Waals surface area contributed by atoms with E-state index in [4.69, 9.17) is 9.15 Å². The summed E-state index contributed by atoms with van der Waals surface area (Å²) in [5.74, 6) is 0.407. The molecule has 0 unspecified atom stereocenters. The van der Waals surface area contributed by atoms with Gasteiger partial charge in [-0.15, -0.1) is 0 Å². The molecule has 3 aromatic rings. The minimum Gasteiger partial charge on any atom is -0.436 e. The lowest BCUT2D eigenvalue weighted by atomic mass is 10.0. The third-order valence-electron chi connectivity index (χ3n) is 4.59. The Morgan fingerprint density at radius 2 is 1.81 bits per heavy atom. The molecule has 0 atom stereocenters. The molecule has 2 heterocycles. The van der Waals surface area contributed by atoms with Crippen molar-refractivity contribution in [2.75, 3.05) is 13.2 Å². The first kappa shape index (κ1) is 17.4. The second kappa shape index (κ2) is 7.72. The van der Waals surface area contributed by atoms with Crippen molar-refractivity contribution in [1.82, 2.24) is 10.3 Å². The van der Waals surface area contributed by atoms with Crippen LogP contribution in [0, 0.1) is 5.82 Å². The fourth-order valence-electron chi connectivity index (χ4n) is 3.12. The van der Waals surface area contributed by atoms with Crippen LogP contribution < -0.4 is 5.32 Å². The Morgan fingerprint density at radius 1 is 1.07 bits per heavy atom. The highest BCUT2D eigenvalue weighted by Gasteiger charge is 2.21. The summed E-state index contributed by atoms with van der Waals surface area (Å²) >= 11 is 0. The molecule has 0 bridgehead atoms. The molecule has 1 N–H and O–H groups in total. The average Bonchev–Trinajstić information content (AvgIpc) is 3.19. The highest BCUT2D eigenvalue weighted by atomic mass is 19.1. The van der Waals surface area contributed by atoms with Crippen LogP contribution in [0.15, 0.2) is 59.1 Å². The number of amides is 1. The number of nitrogens with one attached hydrogen (secondary N) is 1. The predicted molar refractivity (Wildman–Crippen MR) is 98.6 cm³/mol. The Bertz CT molecular complexity index is 931. The summed E-state index contributed by atoms with van der Waals surface area (Å²) < 4.78 is 24.3.